The van der Waals surface area contributed by atoms with Crippen molar-refractivity contribution in [2.24, 2.45) is 11.8 Å². The van der Waals surface area contributed by atoms with Crippen LogP contribution in [0.15, 0.2) is 48.8 Å². The van der Waals surface area contributed by atoms with E-state index in [9.17, 15) is 24.3 Å². The zero-order valence-corrected chi connectivity index (χ0v) is 34.5. The zero-order chi connectivity index (χ0) is 42.6. The van der Waals surface area contributed by atoms with E-state index in [1.807, 2.05) is 62.6 Å². The minimum Gasteiger partial charge on any atom is -0.472 e. The SMILES string of the molecule is COC(=O)NC(C(=O)N1CCC[C@H]1c1ncc(-c2ccc3c(c2)c(F)c2n3COc3cc(-c4cnc([C@@H]5CCCN5C(=O)[C@H](C(C)C)N(C)C(=O)O)[nH]4)ccc3-2)[nH]1)C(C)C. The Labute approximate surface area is 346 Å². The van der Waals surface area contributed by atoms with Crippen LogP contribution in [-0.4, -0.2) is 108 Å². The molecule has 2 aromatic carbocycles. The Morgan fingerprint density at radius 2 is 1.50 bits per heavy atom. The number of nitrogens with zero attached hydrogens (tertiary/aromatic N) is 6. The van der Waals surface area contributed by atoms with E-state index in [1.165, 1.54) is 14.2 Å². The normalized spacial score (nSPS) is 18.4. The van der Waals surface area contributed by atoms with Crippen LogP contribution in [0.4, 0.5) is 14.0 Å². The van der Waals surface area contributed by atoms with Crippen molar-refractivity contribution in [3.05, 3.63) is 66.3 Å². The number of likely N-dealkylation sites (N-methyl/N-ethyl adjacent to an activating group) is 1. The van der Waals surface area contributed by atoms with E-state index in [1.54, 1.807) is 28.3 Å². The molecule has 4 N–H and O–H groups in total. The number of amides is 4. The Bertz CT molecular complexity index is 2470. The van der Waals surface area contributed by atoms with E-state index in [0.717, 1.165) is 28.9 Å². The van der Waals surface area contributed by atoms with Gasteiger partial charge in [0.25, 0.3) is 0 Å². The summed E-state index contributed by atoms with van der Waals surface area (Å²) in [4.78, 5) is 71.7. The number of carboxylic acid groups (broad SMARTS) is 1. The summed E-state index contributed by atoms with van der Waals surface area (Å²) >= 11 is 0. The van der Waals surface area contributed by atoms with Crippen LogP contribution in [0, 0.1) is 17.7 Å². The molecule has 5 aromatic rings. The van der Waals surface area contributed by atoms with Gasteiger partial charge in [-0.3, -0.25) is 14.5 Å². The molecule has 60 heavy (non-hydrogen) atoms. The number of imidazole rings is 2. The molecule has 3 aromatic heterocycles. The maximum absolute atomic E-state index is 16.6. The van der Waals surface area contributed by atoms with Gasteiger partial charge < -0.3 is 44.2 Å². The molecule has 2 saturated heterocycles. The van der Waals surface area contributed by atoms with E-state index in [4.69, 9.17) is 9.47 Å². The van der Waals surface area contributed by atoms with E-state index in [-0.39, 0.29) is 48.3 Å². The lowest BCUT2D eigenvalue weighted by Crippen LogP contribution is -2.51. The first-order valence-electron chi connectivity index (χ1n) is 20.4. The third-order valence-electron chi connectivity index (χ3n) is 12.1. The number of alkyl carbamates (subject to hydrolysis) is 1. The Hall–Kier alpha value is -6.39. The average molecular weight is 824 g/mol. The Morgan fingerprint density at radius 1 is 0.900 bits per heavy atom. The zero-order valence-electron chi connectivity index (χ0n) is 34.5. The number of aromatic amines is 2. The lowest BCUT2D eigenvalue weighted by molar-refractivity contribution is -0.138. The summed E-state index contributed by atoms with van der Waals surface area (Å²) in [5, 5.41) is 12.7. The summed E-state index contributed by atoms with van der Waals surface area (Å²) in [5.41, 5.74) is 4.59. The number of H-pyrrole nitrogens is 2. The lowest BCUT2D eigenvalue weighted by atomic mass is 10.0. The van der Waals surface area contributed by atoms with Gasteiger partial charge in [-0.15, -0.1) is 0 Å². The van der Waals surface area contributed by atoms with E-state index < -0.39 is 24.3 Å². The molecule has 3 aliphatic rings. The number of benzene rings is 2. The second-order valence-electron chi connectivity index (χ2n) is 16.5. The van der Waals surface area contributed by atoms with Crippen molar-refractivity contribution in [3.63, 3.8) is 0 Å². The number of hydrogen-bond donors (Lipinski definition) is 4. The highest BCUT2D eigenvalue weighted by atomic mass is 19.1. The smallest absolute Gasteiger partial charge is 0.407 e. The minimum absolute atomic E-state index is 0.0999. The van der Waals surface area contributed by atoms with Gasteiger partial charge in [-0.2, -0.15) is 0 Å². The molecule has 2 fully saturated rings. The fourth-order valence-electron chi connectivity index (χ4n) is 9.02. The largest absolute Gasteiger partial charge is 0.472 e. The standard InChI is InChI=1S/C43H50FN9O7/c1-22(2)35(49-42(56)59-6)40(54)51-15-7-9-31(51)38-45-19-28(47-38)24-12-14-30-27(17-24)34(44)37-26-13-11-25(18-33(26)60-21-53(30)37)29-20-46-39(48-29)32-10-8-16-52(32)41(55)36(23(3)4)50(5)43(57)58/h11-14,17-20,22-23,31-32,35-36H,7-10,15-16,21H2,1-6H3,(H,45,47)(H,46,48)(H,49,56)(H,57,58)/t31-,32-,35?,36-/m0/s1. The number of likely N-dealkylation sites (tertiary alicyclic amines) is 2. The number of methoxy groups -OCH3 is 1. The number of rotatable bonds is 10. The molecule has 0 saturated carbocycles. The van der Waals surface area contributed by atoms with Gasteiger partial charge in [-0.25, -0.2) is 23.9 Å². The summed E-state index contributed by atoms with van der Waals surface area (Å²) in [5.74, 6) is 0.561. The van der Waals surface area contributed by atoms with Gasteiger partial charge >= 0.3 is 12.2 Å². The number of carbonyl (C=O) groups is 4. The summed E-state index contributed by atoms with van der Waals surface area (Å²) in [6.07, 6.45) is 4.53. The number of nitrogens with one attached hydrogen (secondary N) is 3. The van der Waals surface area contributed by atoms with Crippen molar-refractivity contribution in [3.8, 4) is 39.5 Å². The van der Waals surface area contributed by atoms with E-state index in [2.05, 4.69) is 25.3 Å². The fourth-order valence-corrected chi connectivity index (χ4v) is 9.02. The second kappa shape index (κ2) is 16.0. The number of hydrogen-bond acceptors (Lipinski definition) is 8. The van der Waals surface area contributed by atoms with Crippen molar-refractivity contribution in [1.82, 2.24) is 44.5 Å². The van der Waals surface area contributed by atoms with Crippen molar-refractivity contribution in [1.29, 1.82) is 0 Å². The van der Waals surface area contributed by atoms with Gasteiger partial charge in [0.2, 0.25) is 11.8 Å². The predicted molar refractivity (Wildman–Crippen MR) is 219 cm³/mol. The summed E-state index contributed by atoms with van der Waals surface area (Å²) in [6.45, 7) is 8.55. The predicted octanol–water partition coefficient (Wildman–Crippen LogP) is 6.92. The molecule has 3 aliphatic heterocycles. The average Bonchev–Trinajstić information content (AvgIpc) is 4.09. The first-order chi connectivity index (χ1) is 28.8. The molecule has 1 unspecified atom stereocenters. The third kappa shape index (κ3) is 7.08. The highest BCUT2D eigenvalue weighted by Gasteiger charge is 2.40. The number of aromatic nitrogens is 5. The van der Waals surface area contributed by atoms with Crippen LogP contribution in [-0.2, 0) is 21.1 Å². The Balaban J connectivity index is 1.02. The monoisotopic (exact) mass is 823 g/mol. The van der Waals surface area contributed by atoms with Crippen LogP contribution in [0.25, 0.3) is 44.7 Å². The highest BCUT2D eigenvalue weighted by molar-refractivity contribution is 5.93. The first kappa shape index (κ1) is 40.4. The Kier molecular flexibility index (Phi) is 10.8. The first-order valence-corrected chi connectivity index (χ1v) is 20.4. The molecule has 4 atom stereocenters. The quantitative estimate of drug-likeness (QED) is 0.116. The fraction of sp³-hybridized carbons (Fsp3) is 0.442. The number of halogens is 1. The highest BCUT2D eigenvalue weighted by Crippen LogP contribution is 2.44. The molecule has 0 aliphatic carbocycles. The van der Waals surface area contributed by atoms with Crippen LogP contribution in [0.5, 0.6) is 5.75 Å². The molecule has 6 heterocycles. The van der Waals surface area contributed by atoms with Crippen LogP contribution in [0.1, 0.15) is 77.1 Å². The molecule has 17 heteroatoms. The topological polar surface area (TPSA) is 191 Å². The Morgan fingerprint density at radius 3 is 2.08 bits per heavy atom. The molecular formula is C43H50FN9O7. The van der Waals surface area contributed by atoms with Gasteiger partial charge in [-0.1, -0.05) is 39.8 Å². The van der Waals surface area contributed by atoms with Gasteiger partial charge in [0.05, 0.1) is 54.2 Å². The summed E-state index contributed by atoms with van der Waals surface area (Å²) in [6, 6.07) is 8.93. The van der Waals surface area contributed by atoms with Gasteiger partial charge in [0.15, 0.2) is 12.5 Å². The van der Waals surface area contributed by atoms with Crippen molar-refractivity contribution in [2.75, 3.05) is 27.2 Å². The maximum Gasteiger partial charge on any atom is 0.407 e. The lowest BCUT2D eigenvalue weighted by Gasteiger charge is -2.33. The van der Waals surface area contributed by atoms with Crippen molar-refractivity contribution >= 4 is 34.9 Å². The number of fused-ring (bicyclic) bond motifs is 5. The van der Waals surface area contributed by atoms with Gasteiger partial charge in [0, 0.05) is 42.2 Å². The molecule has 316 valence electrons. The van der Waals surface area contributed by atoms with Crippen LogP contribution in [0.2, 0.25) is 0 Å². The van der Waals surface area contributed by atoms with E-state index in [0.29, 0.717) is 76.9 Å². The minimum atomic E-state index is -1.15. The van der Waals surface area contributed by atoms with Crippen LogP contribution >= 0.6 is 0 Å². The van der Waals surface area contributed by atoms with Crippen LogP contribution in [0.3, 0.4) is 0 Å². The molecule has 4 amide bonds. The van der Waals surface area contributed by atoms with Gasteiger partial charge in [0.1, 0.15) is 29.5 Å². The van der Waals surface area contributed by atoms with Crippen molar-refractivity contribution < 1.29 is 38.1 Å². The number of ether oxygens (including phenoxy) is 2. The molecule has 8 rings (SSSR count). The molecule has 0 radical (unpaired) electrons. The van der Waals surface area contributed by atoms with Crippen molar-refractivity contribution in [2.45, 2.75) is 84.3 Å². The maximum atomic E-state index is 16.6. The molecular weight excluding hydrogens is 774 g/mol. The van der Waals surface area contributed by atoms with Crippen LogP contribution < -0.4 is 10.1 Å². The summed E-state index contributed by atoms with van der Waals surface area (Å²) in [7, 11) is 2.69. The molecule has 16 nitrogen and oxygen atoms in total. The third-order valence-corrected chi connectivity index (χ3v) is 12.1. The van der Waals surface area contributed by atoms with E-state index >= 15 is 4.39 Å². The van der Waals surface area contributed by atoms with Gasteiger partial charge in [-0.05, 0) is 61.8 Å². The number of carbonyl (C=O) groups excluding carboxylic acids is 3. The second-order valence-corrected chi connectivity index (χ2v) is 16.5. The molecule has 0 spiro atoms. The summed E-state index contributed by atoms with van der Waals surface area (Å²) < 4.78 is 29.4. The molecule has 0 bridgehead atoms.